The molecule has 0 saturated heterocycles. The minimum Gasteiger partial charge on any atom is -0.591 e. The number of hydrogen-bond acceptors (Lipinski definition) is 7. The Kier molecular flexibility index (Phi) is 5.91. The third-order valence-corrected chi connectivity index (χ3v) is 7.63. The molecule has 0 unspecified atom stereocenters. The van der Waals surface area contributed by atoms with Crippen LogP contribution in [0, 0.1) is 0 Å². The summed E-state index contributed by atoms with van der Waals surface area (Å²) in [7, 11) is -3.05. The number of sulfone groups is 1. The first-order chi connectivity index (χ1) is 12.9. The lowest BCUT2D eigenvalue weighted by Gasteiger charge is -2.33. The summed E-state index contributed by atoms with van der Waals surface area (Å²) in [4.78, 5) is 8.43. The highest BCUT2D eigenvalue weighted by atomic mass is 35.5. The van der Waals surface area contributed by atoms with Gasteiger partial charge in [-0.15, -0.1) is 0 Å². The van der Waals surface area contributed by atoms with E-state index >= 15 is 0 Å². The van der Waals surface area contributed by atoms with Gasteiger partial charge in [-0.1, -0.05) is 16.0 Å². The van der Waals surface area contributed by atoms with Crippen molar-refractivity contribution in [1.82, 2.24) is 9.97 Å². The molecule has 1 saturated carbocycles. The number of aromatic nitrogens is 2. The summed E-state index contributed by atoms with van der Waals surface area (Å²) in [5, 5.41) is 1.29. The molecule has 2 heterocycles. The summed E-state index contributed by atoms with van der Waals surface area (Å²) >= 11 is 4.65. The molecule has 0 spiro atoms. The summed E-state index contributed by atoms with van der Waals surface area (Å²) in [6, 6.07) is 1.67. The molecular weight excluding hydrogens is 422 g/mol. The predicted octanol–water partition coefficient (Wildman–Crippen LogP) is 3.12. The quantitative estimate of drug-likeness (QED) is 0.399. The SMILES string of the molecule is CC(C)(C)[S@+]([O-])/N=C/c1cnc(O[C@H]2C[C@@H](S(C)(=O)=O)C2)c2cnc(Cl)cc12. The van der Waals surface area contributed by atoms with Crippen molar-refractivity contribution in [1.29, 1.82) is 0 Å². The van der Waals surface area contributed by atoms with Crippen LogP contribution in [0.15, 0.2) is 22.9 Å². The second-order valence-corrected chi connectivity index (χ2v) is 12.5. The maximum absolute atomic E-state index is 12.2. The average molecular weight is 444 g/mol. The van der Waals surface area contributed by atoms with Crippen LogP contribution in [-0.2, 0) is 21.2 Å². The van der Waals surface area contributed by atoms with Gasteiger partial charge in [-0.25, -0.2) is 18.4 Å². The molecule has 0 aliphatic heterocycles. The predicted molar refractivity (Wildman–Crippen MR) is 112 cm³/mol. The number of halogens is 1. The van der Waals surface area contributed by atoms with E-state index in [9.17, 15) is 13.0 Å². The highest BCUT2D eigenvalue weighted by Crippen LogP contribution is 2.33. The van der Waals surface area contributed by atoms with Crippen molar-refractivity contribution in [2.45, 2.75) is 49.7 Å². The Labute approximate surface area is 172 Å². The van der Waals surface area contributed by atoms with Gasteiger partial charge in [0.25, 0.3) is 0 Å². The lowest BCUT2D eigenvalue weighted by molar-refractivity contribution is 0.119. The van der Waals surface area contributed by atoms with Gasteiger partial charge in [0, 0.05) is 42.4 Å². The van der Waals surface area contributed by atoms with Crippen molar-refractivity contribution in [3.05, 3.63) is 29.2 Å². The molecule has 2 aromatic rings. The Morgan fingerprint density at radius 2 is 1.96 bits per heavy atom. The molecule has 3 rings (SSSR count). The van der Waals surface area contributed by atoms with Gasteiger partial charge >= 0.3 is 0 Å². The molecule has 10 heteroatoms. The maximum atomic E-state index is 12.2. The van der Waals surface area contributed by atoms with Gasteiger partial charge in [0.15, 0.2) is 9.84 Å². The fourth-order valence-corrected chi connectivity index (χ4v) is 4.50. The fraction of sp³-hybridized carbons (Fsp3) is 0.500. The average Bonchev–Trinajstić information content (AvgIpc) is 2.53. The zero-order chi connectivity index (χ0) is 20.7. The molecule has 152 valence electrons. The molecule has 2 aromatic heterocycles. The molecule has 28 heavy (non-hydrogen) atoms. The van der Waals surface area contributed by atoms with Crippen LogP contribution in [0.1, 0.15) is 39.2 Å². The van der Waals surface area contributed by atoms with Crippen LogP contribution in [0.2, 0.25) is 5.15 Å². The van der Waals surface area contributed by atoms with E-state index in [1.54, 1.807) is 18.5 Å². The highest BCUT2D eigenvalue weighted by molar-refractivity contribution is 7.91. The Morgan fingerprint density at radius 1 is 1.29 bits per heavy atom. The Balaban J connectivity index is 1.88. The van der Waals surface area contributed by atoms with Crippen molar-refractivity contribution in [2.75, 3.05) is 6.26 Å². The van der Waals surface area contributed by atoms with Crippen molar-refractivity contribution in [3.63, 3.8) is 0 Å². The van der Waals surface area contributed by atoms with Gasteiger partial charge in [0.1, 0.15) is 27.4 Å². The van der Waals surface area contributed by atoms with Crippen molar-refractivity contribution in [3.8, 4) is 5.88 Å². The van der Waals surface area contributed by atoms with Gasteiger partial charge in [-0.2, -0.15) is 0 Å². The summed E-state index contributed by atoms with van der Waals surface area (Å²) in [5.41, 5.74) is 0.645. The Hall–Kier alpha value is -1.42. The number of nitrogens with zero attached hydrogens (tertiary/aromatic N) is 3. The van der Waals surface area contributed by atoms with Crippen LogP contribution in [0.25, 0.3) is 10.8 Å². The van der Waals surface area contributed by atoms with E-state index in [-0.39, 0.29) is 11.4 Å². The van der Waals surface area contributed by atoms with Crippen LogP contribution in [0.3, 0.4) is 0 Å². The van der Waals surface area contributed by atoms with Crippen LogP contribution < -0.4 is 4.74 Å². The normalized spacial score (nSPS) is 21.6. The second-order valence-electron chi connectivity index (χ2n) is 7.83. The summed E-state index contributed by atoms with van der Waals surface area (Å²) in [6.07, 6.45) is 6.56. The molecule has 1 aliphatic rings. The number of rotatable bonds is 5. The molecule has 1 fully saturated rings. The number of pyridine rings is 2. The van der Waals surface area contributed by atoms with Crippen molar-refractivity contribution < 1.29 is 17.7 Å². The standard InChI is InChI=1S/C18H22ClN3O4S2/c1-18(2,3)27(23)22-9-11-8-21-17(15-10-20-16(19)7-14(11)15)26-12-5-13(6-12)28(4,24)25/h7-10,12-13H,5-6H2,1-4H3/b22-9+/t12-,13+,27-/m0/s1. The number of ether oxygens (including phenoxy) is 1. The van der Waals surface area contributed by atoms with Gasteiger partial charge < -0.3 is 9.29 Å². The lowest BCUT2D eigenvalue weighted by Crippen LogP contribution is -2.42. The first kappa shape index (κ1) is 21.3. The minimum absolute atomic E-state index is 0.209. The molecule has 0 aromatic carbocycles. The molecule has 1 aliphatic carbocycles. The van der Waals surface area contributed by atoms with E-state index in [1.165, 1.54) is 12.5 Å². The topological polar surface area (TPSA) is 105 Å². The van der Waals surface area contributed by atoms with Gasteiger partial charge in [0.2, 0.25) is 5.88 Å². The Morgan fingerprint density at radius 3 is 2.57 bits per heavy atom. The van der Waals surface area contributed by atoms with Crippen molar-refractivity contribution in [2.24, 2.45) is 4.40 Å². The first-order valence-electron chi connectivity index (χ1n) is 8.71. The second kappa shape index (κ2) is 7.78. The van der Waals surface area contributed by atoms with Gasteiger partial charge in [-0.05, 0) is 26.8 Å². The third kappa shape index (κ3) is 4.76. The molecule has 0 N–H and O–H groups in total. The van der Waals surface area contributed by atoms with Gasteiger partial charge in [-0.3, -0.25) is 0 Å². The Bertz CT molecular complexity index is 1020. The zero-order valence-corrected chi connectivity index (χ0v) is 18.4. The van der Waals surface area contributed by atoms with Crippen LogP contribution in [-0.4, -0.2) is 51.5 Å². The smallest absolute Gasteiger partial charge is 0.223 e. The van der Waals surface area contributed by atoms with Crippen LogP contribution in [0.4, 0.5) is 0 Å². The zero-order valence-electron chi connectivity index (χ0n) is 16.0. The monoisotopic (exact) mass is 443 g/mol. The van der Waals surface area contributed by atoms with E-state index < -0.39 is 25.9 Å². The summed E-state index contributed by atoms with van der Waals surface area (Å²) in [6.45, 7) is 5.53. The number of fused-ring (bicyclic) bond motifs is 1. The van der Waals surface area contributed by atoms with Crippen LogP contribution in [0.5, 0.6) is 5.88 Å². The van der Waals surface area contributed by atoms with E-state index in [1.807, 2.05) is 20.8 Å². The summed E-state index contributed by atoms with van der Waals surface area (Å²) < 4.78 is 44.9. The molecule has 0 bridgehead atoms. The van der Waals surface area contributed by atoms with E-state index in [2.05, 4.69) is 14.4 Å². The molecule has 0 radical (unpaired) electrons. The summed E-state index contributed by atoms with van der Waals surface area (Å²) in [5.74, 6) is 0.366. The highest BCUT2D eigenvalue weighted by Gasteiger charge is 2.38. The van der Waals surface area contributed by atoms with Crippen LogP contribution >= 0.6 is 11.6 Å². The van der Waals surface area contributed by atoms with Gasteiger partial charge in [0.05, 0.1) is 16.9 Å². The van der Waals surface area contributed by atoms with E-state index in [4.69, 9.17) is 16.3 Å². The molecule has 0 amide bonds. The maximum Gasteiger partial charge on any atom is 0.223 e. The van der Waals surface area contributed by atoms with Crippen molar-refractivity contribution >= 4 is 49.8 Å². The van der Waals surface area contributed by atoms with E-state index in [0.717, 1.165) is 5.39 Å². The largest absolute Gasteiger partial charge is 0.591 e. The van der Waals surface area contributed by atoms with E-state index in [0.29, 0.717) is 34.8 Å². The number of hydrogen-bond donors (Lipinski definition) is 0. The first-order valence-corrected chi connectivity index (χ1v) is 12.1. The fourth-order valence-electron chi connectivity index (χ4n) is 2.69. The lowest BCUT2D eigenvalue weighted by atomic mass is 9.95. The molecule has 1 atom stereocenters. The third-order valence-electron chi connectivity index (χ3n) is 4.48. The molecular formula is C18H22ClN3O4S2. The minimum atomic E-state index is -3.05. The molecule has 7 nitrogen and oxygen atoms in total.